The van der Waals surface area contributed by atoms with Gasteiger partial charge in [0, 0.05) is 16.7 Å². The molecule has 0 fully saturated rings. The van der Waals surface area contributed by atoms with Crippen LogP contribution in [0.25, 0.3) is 0 Å². The van der Waals surface area contributed by atoms with Gasteiger partial charge in [-0.25, -0.2) is 0 Å². The van der Waals surface area contributed by atoms with Crippen molar-refractivity contribution in [2.75, 3.05) is 0 Å². The number of benzene rings is 2. The maximum Gasteiger partial charge on any atom is 0.147 e. The van der Waals surface area contributed by atoms with Crippen molar-refractivity contribution in [3.8, 4) is 17.6 Å². The van der Waals surface area contributed by atoms with Gasteiger partial charge in [0.2, 0.25) is 0 Å². The summed E-state index contributed by atoms with van der Waals surface area (Å²) in [6, 6.07) is 11.7. The Hall–Kier alpha value is -1.73. The zero-order valence-electron chi connectivity index (χ0n) is 10.6. The molecule has 0 spiro atoms. The van der Waals surface area contributed by atoms with Crippen molar-refractivity contribution in [2.45, 2.75) is 13.0 Å². The lowest BCUT2D eigenvalue weighted by molar-refractivity contribution is 0.195. The molecule has 1 atom stereocenters. The van der Waals surface area contributed by atoms with Crippen LogP contribution in [0.3, 0.4) is 0 Å². The van der Waals surface area contributed by atoms with Crippen LogP contribution in [0, 0.1) is 11.3 Å². The first kappa shape index (κ1) is 14.7. The summed E-state index contributed by atoms with van der Waals surface area (Å²) in [5.74, 6) is 0.749. The molecule has 0 aliphatic rings. The molecule has 2 aromatic rings. The van der Waals surface area contributed by atoms with E-state index in [1.807, 2.05) is 6.07 Å². The van der Waals surface area contributed by atoms with Crippen LogP contribution in [0.2, 0.25) is 10.0 Å². The van der Waals surface area contributed by atoms with Crippen molar-refractivity contribution in [1.82, 2.24) is 0 Å². The zero-order valence-corrected chi connectivity index (χ0v) is 12.1. The molecule has 0 bridgehead atoms. The van der Waals surface area contributed by atoms with Crippen LogP contribution in [0.1, 0.15) is 24.2 Å². The third-order valence-electron chi connectivity index (χ3n) is 2.71. The minimum absolute atomic E-state index is 0.371. The molecular formula is C15H11Cl2NO2. The number of hydrogen-bond donors (Lipinski definition) is 1. The smallest absolute Gasteiger partial charge is 0.147 e. The summed E-state index contributed by atoms with van der Waals surface area (Å²) in [6.07, 6.45) is -0.726. The van der Waals surface area contributed by atoms with E-state index in [0.717, 1.165) is 0 Å². The molecule has 5 heteroatoms. The Morgan fingerprint density at radius 3 is 2.55 bits per heavy atom. The lowest BCUT2D eigenvalue weighted by Gasteiger charge is -2.14. The number of hydrogen-bond acceptors (Lipinski definition) is 3. The molecule has 102 valence electrons. The molecule has 0 aliphatic carbocycles. The Balaban J connectivity index is 2.46. The number of aliphatic hydroxyl groups excluding tert-OH is 1. The van der Waals surface area contributed by atoms with Crippen molar-refractivity contribution < 1.29 is 9.84 Å². The number of aliphatic hydroxyl groups is 1. The van der Waals surface area contributed by atoms with Crippen LogP contribution in [-0.2, 0) is 0 Å². The van der Waals surface area contributed by atoms with E-state index < -0.39 is 6.10 Å². The normalized spacial score (nSPS) is 11.8. The van der Waals surface area contributed by atoms with E-state index in [4.69, 9.17) is 33.2 Å². The van der Waals surface area contributed by atoms with Gasteiger partial charge >= 0.3 is 0 Å². The first-order chi connectivity index (χ1) is 9.51. The third-order valence-corrected chi connectivity index (χ3v) is 3.25. The molecule has 0 heterocycles. The second-order valence-electron chi connectivity index (χ2n) is 4.22. The molecule has 0 aliphatic heterocycles. The van der Waals surface area contributed by atoms with E-state index in [0.29, 0.717) is 32.7 Å². The highest BCUT2D eigenvalue weighted by Gasteiger charge is 2.13. The predicted octanol–water partition coefficient (Wildman–Crippen LogP) is 4.71. The quantitative estimate of drug-likeness (QED) is 0.893. The Morgan fingerprint density at radius 2 is 1.90 bits per heavy atom. The van der Waals surface area contributed by atoms with Gasteiger partial charge in [0.1, 0.15) is 11.5 Å². The maximum atomic E-state index is 9.75. The molecule has 0 radical (unpaired) electrons. The van der Waals surface area contributed by atoms with E-state index >= 15 is 0 Å². The third kappa shape index (κ3) is 3.23. The Bertz CT molecular complexity index is 678. The number of nitriles is 1. The van der Waals surface area contributed by atoms with Crippen LogP contribution < -0.4 is 4.74 Å². The van der Waals surface area contributed by atoms with Gasteiger partial charge in [-0.05, 0) is 31.2 Å². The van der Waals surface area contributed by atoms with E-state index in [9.17, 15) is 5.11 Å². The highest BCUT2D eigenvalue weighted by Crippen LogP contribution is 2.35. The zero-order chi connectivity index (χ0) is 14.7. The fourth-order valence-electron chi connectivity index (χ4n) is 1.71. The standard InChI is InChI=1S/C15H11Cl2NO2/c1-9(19)12-4-2-10(8-18)6-14(12)20-15-7-11(16)3-5-13(15)17/h2-7,9,19H,1H3/t9-/m0/s1. The number of ether oxygens (including phenoxy) is 1. The molecule has 2 rings (SSSR count). The molecule has 20 heavy (non-hydrogen) atoms. The molecular weight excluding hydrogens is 297 g/mol. The fourth-order valence-corrected chi connectivity index (χ4v) is 2.03. The van der Waals surface area contributed by atoms with Crippen molar-refractivity contribution in [3.05, 3.63) is 57.6 Å². The summed E-state index contributed by atoms with van der Waals surface area (Å²) in [5.41, 5.74) is 1.00. The van der Waals surface area contributed by atoms with Crippen LogP contribution in [0.5, 0.6) is 11.5 Å². The van der Waals surface area contributed by atoms with Crippen molar-refractivity contribution in [2.24, 2.45) is 0 Å². The van der Waals surface area contributed by atoms with Gasteiger partial charge in [-0.2, -0.15) is 5.26 Å². The van der Waals surface area contributed by atoms with E-state index in [1.54, 1.807) is 43.3 Å². The molecule has 3 nitrogen and oxygen atoms in total. The summed E-state index contributed by atoms with van der Waals surface area (Å²) >= 11 is 11.9. The molecule has 0 saturated carbocycles. The fraction of sp³-hybridized carbons (Fsp3) is 0.133. The highest BCUT2D eigenvalue weighted by molar-refractivity contribution is 6.34. The Kier molecular flexibility index (Phi) is 4.51. The summed E-state index contributed by atoms with van der Waals surface area (Å²) in [6.45, 7) is 1.62. The van der Waals surface area contributed by atoms with Gasteiger partial charge in [-0.15, -0.1) is 0 Å². The lowest BCUT2D eigenvalue weighted by atomic mass is 10.1. The van der Waals surface area contributed by atoms with Gasteiger partial charge in [0.25, 0.3) is 0 Å². The topological polar surface area (TPSA) is 53.2 Å². The Morgan fingerprint density at radius 1 is 1.15 bits per heavy atom. The lowest BCUT2D eigenvalue weighted by Crippen LogP contribution is -1.97. The summed E-state index contributed by atoms with van der Waals surface area (Å²) in [4.78, 5) is 0. The minimum atomic E-state index is -0.726. The van der Waals surface area contributed by atoms with Gasteiger partial charge in [-0.1, -0.05) is 29.3 Å². The van der Waals surface area contributed by atoms with Crippen LogP contribution in [0.4, 0.5) is 0 Å². The van der Waals surface area contributed by atoms with Crippen molar-refractivity contribution in [1.29, 1.82) is 5.26 Å². The molecule has 0 saturated heterocycles. The average Bonchev–Trinajstić information content (AvgIpc) is 2.42. The highest BCUT2D eigenvalue weighted by atomic mass is 35.5. The van der Waals surface area contributed by atoms with Gasteiger partial charge < -0.3 is 9.84 Å². The Labute approximate surface area is 126 Å². The first-order valence-corrected chi connectivity index (χ1v) is 6.62. The number of rotatable bonds is 3. The van der Waals surface area contributed by atoms with E-state index in [-0.39, 0.29) is 0 Å². The van der Waals surface area contributed by atoms with Gasteiger partial charge in [0.15, 0.2) is 0 Å². The summed E-state index contributed by atoms with van der Waals surface area (Å²) in [7, 11) is 0. The molecule has 0 amide bonds. The van der Waals surface area contributed by atoms with Crippen molar-refractivity contribution >= 4 is 23.2 Å². The first-order valence-electron chi connectivity index (χ1n) is 5.86. The second kappa shape index (κ2) is 6.15. The van der Waals surface area contributed by atoms with Gasteiger partial charge in [-0.3, -0.25) is 0 Å². The molecule has 1 N–H and O–H groups in total. The molecule has 2 aromatic carbocycles. The van der Waals surface area contributed by atoms with Crippen LogP contribution in [-0.4, -0.2) is 5.11 Å². The molecule has 0 unspecified atom stereocenters. The molecule has 0 aromatic heterocycles. The van der Waals surface area contributed by atoms with Crippen LogP contribution >= 0.6 is 23.2 Å². The number of halogens is 2. The van der Waals surface area contributed by atoms with Gasteiger partial charge in [0.05, 0.1) is 22.8 Å². The predicted molar refractivity (Wildman–Crippen MR) is 78.3 cm³/mol. The summed E-state index contributed by atoms with van der Waals surface area (Å²) < 4.78 is 5.70. The SMILES string of the molecule is C[C@H](O)c1ccc(C#N)cc1Oc1cc(Cl)ccc1Cl. The average molecular weight is 308 g/mol. The monoisotopic (exact) mass is 307 g/mol. The van der Waals surface area contributed by atoms with E-state index in [1.165, 1.54) is 0 Å². The van der Waals surface area contributed by atoms with E-state index in [2.05, 4.69) is 0 Å². The minimum Gasteiger partial charge on any atom is -0.455 e. The maximum absolute atomic E-state index is 9.75. The second-order valence-corrected chi connectivity index (χ2v) is 5.06. The summed E-state index contributed by atoms with van der Waals surface area (Å²) in [5, 5.41) is 19.6. The van der Waals surface area contributed by atoms with Crippen molar-refractivity contribution in [3.63, 3.8) is 0 Å². The largest absolute Gasteiger partial charge is 0.455 e. The number of nitrogens with zero attached hydrogens (tertiary/aromatic N) is 1. The van der Waals surface area contributed by atoms with Crippen LogP contribution in [0.15, 0.2) is 36.4 Å².